The number of aliphatic carboxylic acids is 1. The first-order valence-corrected chi connectivity index (χ1v) is 7.91. The van der Waals surface area contributed by atoms with Crippen LogP contribution in [0.25, 0.3) is 0 Å². The Hall–Kier alpha value is -1.85. The molecule has 0 unspecified atom stereocenters. The van der Waals surface area contributed by atoms with E-state index in [2.05, 4.69) is 10.4 Å². The lowest BCUT2D eigenvalue weighted by Crippen LogP contribution is -2.44. The summed E-state index contributed by atoms with van der Waals surface area (Å²) in [7, 11) is 1.78. The van der Waals surface area contributed by atoms with E-state index in [1.807, 2.05) is 13.8 Å². The number of amides is 1. The van der Waals surface area contributed by atoms with Gasteiger partial charge in [0.05, 0.1) is 16.7 Å². The molecule has 0 aromatic carbocycles. The lowest BCUT2D eigenvalue weighted by molar-refractivity contribution is -0.150. The second kappa shape index (κ2) is 6.50. The highest BCUT2D eigenvalue weighted by atomic mass is 16.4. The minimum absolute atomic E-state index is 0.144. The van der Waals surface area contributed by atoms with Crippen LogP contribution < -0.4 is 5.32 Å². The number of carboxylic acid groups (broad SMARTS) is 1. The molecule has 0 atom stereocenters. The summed E-state index contributed by atoms with van der Waals surface area (Å²) in [6, 6.07) is 0. The van der Waals surface area contributed by atoms with E-state index in [1.54, 1.807) is 17.9 Å². The van der Waals surface area contributed by atoms with E-state index in [9.17, 15) is 14.7 Å². The Morgan fingerprint density at radius 2 is 2.00 bits per heavy atom. The van der Waals surface area contributed by atoms with Crippen molar-refractivity contribution in [1.82, 2.24) is 15.1 Å². The molecule has 0 saturated heterocycles. The Morgan fingerprint density at radius 3 is 2.55 bits per heavy atom. The molecule has 1 heterocycles. The van der Waals surface area contributed by atoms with E-state index in [1.165, 1.54) is 0 Å². The third-order valence-corrected chi connectivity index (χ3v) is 4.50. The van der Waals surface area contributed by atoms with Gasteiger partial charge >= 0.3 is 5.97 Å². The van der Waals surface area contributed by atoms with Gasteiger partial charge in [-0.15, -0.1) is 0 Å². The van der Waals surface area contributed by atoms with Gasteiger partial charge in [-0.1, -0.05) is 33.1 Å². The average Bonchev–Trinajstić information content (AvgIpc) is 2.88. The highest BCUT2D eigenvalue weighted by molar-refractivity contribution is 5.95. The summed E-state index contributed by atoms with van der Waals surface area (Å²) in [5, 5.41) is 16.7. The summed E-state index contributed by atoms with van der Waals surface area (Å²) >= 11 is 0. The Kier molecular flexibility index (Phi) is 4.88. The standard InChI is InChI=1S/C16H25N3O3/c1-11(2)13-12(9-19(3)18-13)14(20)17-10-16(15(21)22)7-5-4-6-8-16/h9,11H,4-8,10H2,1-3H3,(H,17,20)(H,21,22). The lowest BCUT2D eigenvalue weighted by atomic mass is 9.74. The molecule has 2 rings (SSSR count). The first kappa shape index (κ1) is 16.5. The molecule has 0 spiro atoms. The molecule has 0 aliphatic heterocycles. The summed E-state index contributed by atoms with van der Waals surface area (Å²) in [5.41, 5.74) is 0.468. The van der Waals surface area contributed by atoms with E-state index in [0.717, 1.165) is 25.0 Å². The monoisotopic (exact) mass is 307 g/mol. The van der Waals surface area contributed by atoms with E-state index < -0.39 is 11.4 Å². The van der Waals surface area contributed by atoms with Crippen LogP contribution in [0.3, 0.4) is 0 Å². The Bertz CT molecular complexity index is 557. The van der Waals surface area contributed by atoms with Crippen LogP contribution in [-0.2, 0) is 11.8 Å². The van der Waals surface area contributed by atoms with Gasteiger partial charge in [0.15, 0.2) is 0 Å². The van der Waals surface area contributed by atoms with Gasteiger partial charge in [0.1, 0.15) is 0 Å². The number of nitrogens with one attached hydrogen (secondary N) is 1. The second-order valence-electron chi connectivity index (χ2n) is 6.59. The topological polar surface area (TPSA) is 84.2 Å². The van der Waals surface area contributed by atoms with Crippen molar-refractivity contribution in [3.63, 3.8) is 0 Å². The molecule has 1 aromatic heterocycles. The quantitative estimate of drug-likeness (QED) is 0.874. The maximum absolute atomic E-state index is 12.4. The predicted molar refractivity (Wildman–Crippen MR) is 82.8 cm³/mol. The van der Waals surface area contributed by atoms with Crippen molar-refractivity contribution in [2.24, 2.45) is 12.5 Å². The van der Waals surface area contributed by atoms with E-state index in [0.29, 0.717) is 18.4 Å². The summed E-state index contributed by atoms with van der Waals surface area (Å²) in [5.74, 6) is -0.893. The summed E-state index contributed by atoms with van der Waals surface area (Å²) in [4.78, 5) is 24.1. The lowest BCUT2D eigenvalue weighted by Gasteiger charge is -2.33. The van der Waals surface area contributed by atoms with Crippen molar-refractivity contribution < 1.29 is 14.7 Å². The fourth-order valence-electron chi connectivity index (χ4n) is 3.15. The van der Waals surface area contributed by atoms with Gasteiger partial charge in [-0.25, -0.2) is 0 Å². The average molecular weight is 307 g/mol. The molecule has 1 aromatic rings. The van der Waals surface area contributed by atoms with Crippen molar-refractivity contribution in [3.8, 4) is 0 Å². The third kappa shape index (κ3) is 3.31. The minimum Gasteiger partial charge on any atom is -0.481 e. The van der Waals surface area contributed by atoms with Gasteiger partial charge in [-0.2, -0.15) is 5.10 Å². The second-order valence-corrected chi connectivity index (χ2v) is 6.59. The Labute approximate surface area is 130 Å². The molecule has 0 radical (unpaired) electrons. The fourth-order valence-corrected chi connectivity index (χ4v) is 3.15. The van der Waals surface area contributed by atoms with Crippen LogP contribution in [0.2, 0.25) is 0 Å². The van der Waals surface area contributed by atoms with E-state index in [-0.39, 0.29) is 18.4 Å². The molecule has 2 N–H and O–H groups in total. The van der Waals surface area contributed by atoms with Crippen LogP contribution in [0.15, 0.2) is 6.20 Å². The van der Waals surface area contributed by atoms with Gasteiger partial charge in [0.25, 0.3) is 5.91 Å². The highest BCUT2D eigenvalue weighted by Gasteiger charge is 2.40. The number of nitrogens with zero attached hydrogens (tertiary/aromatic N) is 2. The largest absolute Gasteiger partial charge is 0.481 e. The number of carbonyl (C=O) groups excluding carboxylic acids is 1. The predicted octanol–water partition coefficient (Wildman–Crippen LogP) is 2.31. The zero-order chi connectivity index (χ0) is 16.3. The molecule has 0 bridgehead atoms. The molecule has 1 aliphatic rings. The number of rotatable bonds is 5. The smallest absolute Gasteiger partial charge is 0.311 e. The zero-order valence-corrected chi connectivity index (χ0v) is 13.6. The van der Waals surface area contributed by atoms with Crippen molar-refractivity contribution in [2.45, 2.75) is 51.9 Å². The molecule has 6 heteroatoms. The molecule has 6 nitrogen and oxygen atoms in total. The molecule has 1 aliphatic carbocycles. The van der Waals surface area contributed by atoms with E-state index in [4.69, 9.17) is 0 Å². The van der Waals surface area contributed by atoms with Crippen molar-refractivity contribution >= 4 is 11.9 Å². The molecular weight excluding hydrogens is 282 g/mol. The van der Waals surface area contributed by atoms with Gasteiger partial charge in [-0.05, 0) is 18.8 Å². The number of aromatic nitrogens is 2. The molecule has 122 valence electrons. The third-order valence-electron chi connectivity index (χ3n) is 4.50. The highest BCUT2D eigenvalue weighted by Crippen LogP contribution is 2.36. The summed E-state index contributed by atoms with van der Waals surface area (Å²) in [6.45, 7) is 4.16. The molecule has 1 fully saturated rings. The van der Waals surface area contributed by atoms with Crippen molar-refractivity contribution in [1.29, 1.82) is 0 Å². The fraction of sp³-hybridized carbons (Fsp3) is 0.688. The van der Waals surface area contributed by atoms with Gasteiger partial charge in [0, 0.05) is 19.8 Å². The molecule has 22 heavy (non-hydrogen) atoms. The molecule has 1 saturated carbocycles. The SMILES string of the molecule is CC(C)c1nn(C)cc1C(=O)NCC1(C(=O)O)CCCCC1. The van der Waals surface area contributed by atoms with Gasteiger partial charge < -0.3 is 10.4 Å². The first-order chi connectivity index (χ1) is 10.4. The molecule has 1 amide bonds. The summed E-state index contributed by atoms with van der Waals surface area (Å²) in [6.07, 6.45) is 5.85. The minimum atomic E-state index is -0.811. The first-order valence-electron chi connectivity index (χ1n) is 7.91. The summed E-state index contributed by atoms with van der Waals surface area (Å²) < 4.78 is 1.62. The number of carboxylic acids is 1. The Balaban J connectivity index is 2.10. The normalized spacial score (nSPS) is 17.5. The van der Waals surface area contributed by atoms with Crippen LogP contribution in [0.4, 0.5) is 0 Å². The number of hydrogen-bond acceptors (Lipinski definition) is 3. The van der Waals surface area contributed by atoms with Crippen LogP contribution in [0.1, 0.15) is 67.9 Å². The number of hydrogen-bond donors (Lipinski definition) is 2. The van der Waals surface area contributed by atoms with Gasteiger partial charge in [0.2, 0.25) is 0 Å². The van der Waals surface area contributed by atoms with Crippen LogP contribution in [0, 0.1) is 5.41 Å². The van der Waals surface area contributed by atoms with Crippen molar-refractivity contribution in [3.05, 3.63) is 17.5 Å². The number of carbonyl (C=O) groups is 2. The number of aryl methyl sites for hydroxylation is 1. The van der Waals surface area contributed by atoms with Crippen LogP contribution in [0.5, 0.6) is 0 Å². The molecular formula is C16H25N3O3. The van der Waals surface area contributed by atoms with Crippen LogP contribution >= 0.6 is 0 Å². The van der Waals surface area contributed by atoms with Crippen LogP contribution in [-0.4, -0.2) is 33.3 Å². The maximum atomic E-state index is 12.4. The zero-order valence-electron chi connectivity index (χ0n) is 13.6. The van der Waals surface area contributed by atoms with Crippen molar-refractivity contribution in [2.75, 3.05) is 6.54 Å². The maximum Gasteiger partial charge on any atom is 0.311 e. The van der Waals surface area contributed by atoms with Gasteiger partial charge in [-0.3, -0.25) is 14.3 Å². The Morgan fingerprint density at radius 1 is 1.36 bits per heavy atom. The van der Waals surface area contributed by atoms with E-state index >= 15 is 0 Å².